The number of piperidine rings is 1. The first-order valence-electron chi connectivity index (χ1n) is 11.5. The van der Waals surface area contributed by atoms with Crippen molar-refractivity contribution in [2.24, 2.45) is 11.8 Å². The van der Waals surface area contributed by atoms with Crippen LogP contribution in [0.15, 0.2) is 36.5 Å². The van der Waals surface area contributed by atoms with Gasteiger partial charge in [0.15, 0.2) is 11.6 Å². The predicted molar refractivity (Wildman–Crippen MR) is 123 cm³/mol. The lowest BCUT2D eigenvalue weighted by atomic mass is 9.92. The molecule has 180 valence electrons. The number of ether oxygens (including phenoxy) is 2. The first-order valence-corrected chi connectivity index (χ1v) is 11.5. The van der Waals surface area contributed by atoms with E-state index in [1.165, 1.54) is 6.07 Å². The van der Waals surface area contributed by atoms with E-state index in [1.807, 2.05) is 26.0 Å². The molecule has 2 fully saturated rings. The van der Waals surface area contributed by atoms with E-state index in [2.05, 4.69) is 25.3 Å². The summed E-state index contributed by atoms with van der Waals surface area (Å²) in [5.41, 5.74) is 1.12. The molecule has 1 aliphatic heterocycles. The van der Waals surface area contributed by atoms with E-state index in [4.69, 9.17) is 9.47 Å². The predicted octanol–water partition coefficient (Wildman–Crippen LogP) is 4.66. The topological polar surface area (TPSA) is 77.3 Å². The van der Waals surface area contributed by atoms with Crippen molar-refractivity contribution >= 4 is 11.6 Å². The third kappa shape index (κ3) is 4.36. The van der Waals surface area contributed by atoms with Crippen LogP contribution < -0.4 is 19.7 Å². The van der Waals surface area contributed by atoms with Crippen LogP contribution in [0, 0.1) is 23.5 Å². The van der Waals surface area contributed by atoms with Gasteiger partial charge in [0.2, 0.25) is 11.8 Å². The van der Waals surface area contributed by atoms with Gasteiger partial charge in [0, 0.05) is 43.1 Å². The second-order valence-corrected chi connectivity index (χ2v) is 9.16. The van der Waals surface area contributed by atoms with Gasteiger partial charge in [-0.05, 0) is 56.7 Å². The van der Waals surface area contributed by atoms with Crippen LogP contribution >= 0.6 is 0 Å². The molecule has 0 radical (unpaired) electrons. The molecule has 1 aliphatic carbocycles. The quantitative estimate of drug-likeness (QED) is 0.538. The molecule has 3 aromatic rings. The maximum Gasteiger partial charge on any atom is 0.322 e. The summed E-state index contributed by atoms with van der Waals surface area (Å²) in [7, 11) is 1.62. The first kappa shape index (κ1) is 22.4. The average molecular weight is 471 g/mol. The molecular formula is C24H28F2N6O2. The Bertz CT molecular complexity index is 1160. The molecule has 2 aromatic heterocycles. The number of pyridine rings is 1. The zero-order valence-electron chi connectivity index (χ0n) is 19.4. The third-order valence-electron chi connectivity index (χ3n) is 6.61. The molecule has 3 heterocycles. The van der Waals surface area contributed by atoms with Crippen LogP contribution in [-0.4, -0.2) is 46.0 Å². The molecule has 5 rings (SSSR count). The summed E-state index contributed by atoms with van der Waals surface area (Å²) < 4.78 is 39.6. The van der Waals surface area contributed by atoms with Gasteiger partial charge in [0.25, 0.3) is 0 Å². The summed E-state index contributed by atoms with van der Waals surface area (Å²) in [6, 6.07) is 7.86. The smallest absolute Gasteiger partial charge is 0.322 e. The van der Waals surface area contributed by atoms with Gasteiger partial charge in [-0.3, -0.25) is 0 Å². The standard InChI is InChI=1S/C24H28F2N6O2/c1-14(2)32-24(34-18-6-7-19(25)20(26)11-18)29-23(30-32)28-22-15-4-5-16(22)13-31(12-15)17-8-9-27-21(10-17)33-3/h6-11,14-16,22H,4-5,12-13H2,1-3H3,(H,28,30)/t15-,16+,22?. The summed E-state index contributed by atoms with van der Waals surface area (Å²) in [5.74, 6) is 0.253. The number of fused-ring (bicyclic) bond motifs is 2. The highest BCUT2D eigenvalue weighted by Gasteiger charge is 2.42. The number of halogens is 2. The molecule has 1 saturated heterocycles. The molecule has 1 saturated carbocycles. The molecule has 1 unspecified atom stereocenters. The van der Waals surface area contributed by atoms with Crippen molar-refractivity contribution < 1.29 is 18.3 Å². The van der Waals surface area contributed by atoms with Crippen molar-refractivity contribution in [1.29, 1.82) is 0 Å². The fourth-order valence-corrected chi connectivity index (χ4v) is 4.95. The second kappa shape index (κ2) is 9.08. The number of rotatable bonds is 7. The van der Waals surface area contributed by atoms with Crippen molar-refractivity contribution in [2.75, 3.05) is 30.4 Å². The van der Waals surface area contributed by atoms with Crippen molar-refractivity contribution in [3.05, 3.63) is 48.2 Å². The van der Waals surface area contributed by atoms with E-state index < -0.39 is 11.6 Å². The molecule has 0 spiro atoms. The Labute approximate surface area is 196 Å². The van der Waals surface area contributed by atoms with Crippen molar-refractivity contribution in [1.82, 2.24) is 19.7 Å². The normalized spacial score (nSPS) is 21.7. The molecule has 2 bridgehead atoms. The molecule has 3 atom stereocenters. The first-order chi connectivity index (χ1) is 16.4. The van der Waals surface area contributed by atoms with Crippen LogP contribution in [0.3, 0.4) is 0 Å². The molecule has 2 aliphatic rings. The maximum absolute atomic E-state index is 13.6. The lowest BCUT2D eigenvalue weighted by molar-refractivity contribution is 0.371. The Hall–Kier alpha value is -3.43. The molecule has 8 nitrogen and oxygen atoms in total. The van der Waals surface area contributed by atoms with Gasteiger partial charge in [0.05, 0.1) is 13.2 Å². The number of aromatic nitrogens is 4. The Morgan fingerprint density at radius 2 is 1.82 bits per heavy atom. The van der Waals surface area contributed by atoms with Crippen LogP contribution in [0.5, 0.6) is 17.6 Å². The molecule has 1 N–H and O–H groups in total. The number of benzene rings is 1. The summed E-state index contributed by atoms with van der Waals surface area (Å²) in [5, 5.41) is 8.14. The zero-order chi connectivity index (χ0) is 23.8. The van der Waals surface area contributed by atoms with Gasteiger partial charge in [-0.25, -0.2) is 18.4 Å². The van der Waals surface area contributed by atoms with E-state index in [9.17, 15) is 8.78 Å². The Morgan fingerprint density at radius 3 is 2.50 bits per heavy atom. The van der Waals surface area contributed by atoms with E-state index in [0.717, 1.165) is 43.8 Å². The van der Waals surface area contributed by atoms with Gasteiger partial charge in [-0.15, -0.1) is 5.10 Å². The molecule has 0 amide bonds. The van der Waals surface area contributed by atoms with E-state index >= 15 is 0 Å². The van der Waals surface area contributed by atoms with Gasteiger partial charge < -0.3 is 19.7 Å². The fourth-order valence-electron chi connectivity index (χ4n) is 4.95. The van der Waals surface area contributed by atoms with Crippen LogP contribution in [0.2, 0.25) is 0 Å². The Kier molecular flexibility index (Phi) is 5.97. The Morgan fingerprint density at radius 1 is 1.06 bits per heavy atom. The number of hydrogen-bond donors (Lipinski definition) is 1. The van der Waals surface area contributed by atoms with Crippen LogP contribution in [-0.2, 0) is 0 Å². The summed E-state index contributed by atoms with van der Waals surface area (Å²) in [6.07, 6.45) is 4.03. The summed E-state index contributed by atoms with van der Waals surface area (Å²) >= 11 is 0. The lowest BCUT2D eigenvalue weighted by Gasteiger charge is -2.39. The third-order valence-corrected chi connectivity index (χ3v) is 6.61. The molecule has 1 aromatic carbocycles. The van der Waals surface area contributed by atoms with Gasteiger partial charge in [0.1, 0.15) is 5.75 Å². The van der Waals surface area contributed by atoms with Crippen LogP contribution in [0.4, 0.5) is 20.4 Å². The van der Waals surface area contributed by atoms with E-state index in [1.54, 1.807) is 18.0 Å². The largest absolute Gasteiger partial charge is 0.481 e. The second-order valence-electron chi connectivity index (χ2n) is 9.16. The van der Waals surface area contributed by atoms with Crippen molar-refractivity contribution in [3.8, 4) is 17.6 Å². The minimum absolute atomic E-state index is 0.0245. The lowest BCUT2D eigenvalue weighted by Crippen LogP contribution is -2.48. The maximum atomic E-state index is 13.6. The van der Waals surface area contributed by atoms with Crippen molar-refractivity contribution in [2.45, 2.75) is 38.8 Å². The average Bonchev–Trinajstić information content (AvgIpc) is 3.32. The van der Waals surface area contributed by atoms with Gasteiger partial charge >= 0.3 is 6.01 Å². The summed E-state index contributed by atoms with van der Waals surface area (Å²) in [4.78, 5) is 11.1. The monoisotopic (exact) mass is 470 g/mol. The SMILES string of the molecule is COc1cc(N2C[C@H]3CC[C@@H](C2)C3Nc2nc(Oc3ccc(F)c(F)c3)n(C(C)C)n2)ccn1. The molecule has 34 heavy (non-hydrogen) atoms. The highest BCUT2D eigenvalue weighted by molar-refractivity contribution is 5.49. The van der Waals surface area contributed by atoms with Gasteiger partial charge in [-0.2, -0.15) is 4.98 Å². The van der Waals surface area contributed by atoms with Gasteiger partial charge in [-0.1, -0.05) is 0 Å². The number of hydrogen-bond acceptors (Lipinski definition) is 7. The van der Waals surface area contributed by atoms with E-state index in [-0.39, 0.29) is 23.8 Å². The highest BCUT2D eigenvalue weighted by atomic mass is 19.2. The zero-order valence-corrected chi connectivity index (χ0v) is 19.4. The number of anilines is 2. The fraction of sp³-hybridized carbons (Fsp3) is 0.458. The van der Waals surface area contributed by atoms with Crippen molar-refractivity contribution in [3.63, 3.8) is 0 Å². The molecular weight excluding hydrogens is 442 g/mol. The number of methoxy groups -OCH3 is 1. The summed E-state index contributed by atoms with van der Waals surface area (Å²) in [6.45, 7) is 5.76. The highest BCUT2D eigenvalue weighted by Crippen LogP contribution is 2.40. The van der Waals surface area contributed by atoms with Crippen LogP contribution in [0.25, 0.3) is 0 Å². The minimum atomic E-state index is -0.971. The Balaban J connectivity index is 1.32. The number of nitrogens with one attached hydrogen (secondary N) is 1. The van der Waals surface area contributed by atoms with Crippen LogP contribution in [0.1, 0.15) is 32.7 Å². The van der Waals surface area contributed by atoms with E-state index in [0.29, 0.717) is 23.7 Å². The minimum Gasteiger partial charge on any atom is -0.481 e. The molecule has 10 heteroatoms. The number of nitrogens with zero attached hydrogens (tertiary/aromatic N) is 5.